The van der Waals surface area contributed by atoms with Crippen LogP contribution in [0.3, 0.4) is 0 Å². The molecule has 2 unspecified atom stereocenters. The molecule has 0 aliphatic carbocycles. The Labute approximate surface area is 125 Å². The molecule has 0 bridgehead atoms. The second-order valence-electron chi connectivity index (χ2n) is 5.19. The minimum Gasteiger partial charge on any atom is -0.375 e. The van der Waals surface area contributed by atoms with Crippen LogP contribution in [0.2, 0.25) is 0 Å². The first kappa shape index (κ1) is 15.8. The topological polar surface area (TPSA) is 51.5 Å². The Kier molecular flexibility index (Phi) is 4.79. The number of aromatic nitrogens is 1. The van der Waals surface area contributed by atoms with E-state index in [1.807, 2.05) is 13.8 Å². The number of sulfonamides is 1. The van der Waals surface area contributed by atoms with Crippen LogP contribution in [0.4, 0.5) is 0 Å². The second-order valence-corrected chi connectivity index (χ2v) is 7.35. The van der Waals surface area contributed by atoms with E-state index in [-0.39, 0.29) is 12.1 Å². The third-order valence-corrected chi connectivity index (χ3v) is 5.87. The lowest BCUT2D eigenvalue weighted by Gasteiger charge is -2.36. The van der Waals surface area contributed by atoms with E-state index in [4.69, 9.17) is 16.3 Å². The van der Waals surface area contributed by atoms with Gasteiger partial charge in [-0.25, -0.2) is 8.42 Å². The van der Waals surface area contributed by atoms with Gasteiger partial charge in [0.15, 0.2) is 0 Å². The first-order valence-electron chi connectivity index (χ1n) is 6.74. The van der Waals surface area contributed by atoms with Gasteiger partial charge in [0.1, 0.15) is 4.90 Å². The van der Waals surface area contributed by atoms with Crippen LogP contribution >= 0.6 is 11.6 Å². The van der Waals surface area contributed by atoms with E-state index in [0.29, 0.717) is 23.9 Å². The second kappa shape index (κ2) is 6.05. The molecule has 2 heterocycles. The van der Waals surface area contributed by atoms with Crippen molar-refractivity contribution >= 4 is 21.6 Å². The van der Waals surface area contributed by atoms with Crippen molar-refractivity contribution < 1.29 is 13.2 Å². The van der Waals surface area contributed by atoms with Crippen LogP contribution in [0.5, 0.6) is 0 Å². The summed E-state index contributed by atoms with van der Waals surface area (Å²) >= 11 is 5.81. The summed E-state index contributed by atoms with van der Waals surface area (Å²) in [5.41, 5.74) is 0.791. The van der Waals surface area contributed by atoms with E-state index in [2.05, 4.69) is 0 Å². The molecule has 20 heavy (non-hydrogen) atoms. The largest absolute Gasteiger partial charge is 0.375 e. The van der Waals surface area contributed by atoms with Gasteiger partial charge in [0.2, 0.25) is 10.0 Å². The SMILES string of the molecule is CCC1COC(C)CN1S(=O)(=O)c1cc(CCl)n(C)c1. The number of aryl methyl sites for hydroxylation is 1. The summed E-state index contributed by atoms with van der Waals surface area (Å²) in [6.07, 6.45) is 2.28. The summed E-state index contributed by atoms with van der Waals surface area (Å²) in [6, 6.07) is 1.55. The monoisotopic (exact) mass is 320 g/mol. The maximum atomic E-state index is 12.8. The maximum Gasteiger partial charge on any atom is 0.245 e. The van der Waals surface area contributed by atoms with Crippen LogP contribution in [0.15, 0.2) is 17.2 Å². The molecular weight excluding hydrogens is 300 g/mol. The van der Waals surface area contributed by atoms with Gasteiger partial charge in [-0.15, -0.1) is 11.6 Å². The van der Waals surface area contributed by atoms with E-state index in [1.165, 1.54) is 0 Å². The Morgan fingerprint density at radius 1 is 1.50 bits per heavy atom. The van der Waals surface area contributed by atoms with Crippen molar-refractivity contribution in [2.45, 2.75) is 43.2 Å². The van der Waals surface area contributed by atoms with Gasteiger partial charge in [0.25, 0.3) is 0 Å². The third kappa shape index (κ3) is 2.88. The van der Waals surface area contributed by atoms with E-state index in [1.54, 1.807) is 28.2 Å². The molecular formula is C13H21ClN2O3S. The summed E-state index contributed by atoms with van der Waals surface area (Å²) in [7, 11) is -1.69. The molecule has 1 aromatic rings. The Hall–Kier alpha value is -0.560. The highest BCUT2D eigenvalue weighted by Crippen LogP contribution is 2.25. The fraction of sp³-hybridized carbons (Fsp3) is 0.692. The summed E-state index contributed by atoms with van der Waals surface area (Å²) in [5.74, 6) is 0.294. The van der Waals surface area contributed by atoms with Gasteiger partial charge in [-0.2, -0.15) is 4.31 Å². The summed E-state index contributed by atoms with van der Waals surface area (Å²) in [6.45, 7) is 4.71. The number of halogens is 1. The van der Waals surface area contributed by atoms with E-state index < -0.39 is 10.0 Å². The van der Waals surface area contributed by atoms with Crippen molar-refractivity contribution in [1.29, 1.82) is 0 Å². The number of rotatable bonds is 4. The van der Waals surface area contributed by atoms with Gasteiger partial charge in [0.05, 0.1) is 18.6 Å². The molecule has 1 aliphatic heterocycles. The zero-order valence-corrected chi connectivity index (χ0v) is 13.6. The number of hydrogen-bond acceptors (Lipinski definition) is 3. The molecule has 114 valence electrons. The summed E-state index contributed by atoms with van der Waals surface area (Å²) < 4.78 is 34.5. The van der Waals surface area contributed by atoms with Crippen LogP contribution in [0.1, 0.15) is 26.0 Å². The Bertz CT molecular complexity index is 570. The Morgan fingerprint density at radius 3 is 2.75 bits per heavy atom. The first-order valence-corrected chi connectivity index (χ1v) is 8.72. The molecule has 0 radical (unpaired) electrons. The lowest BCUT2D eigenvalue weighted by Crippen LogP contribution is -2.51. The van der Waals surface area contributed by atoms with Gasteiger partial charge in [-0.05, 0) is 19.4 Å². The number of morpholine rings is 1. The minimum absolute atomic E-state index is 0.0798. The molecule has 1 aliphatic rings. The Balaban J connectivity index is 2.36. The molecule has 5 nitrogen and oxygen atoms in total. The number of nitrogens with zero attached hydrogens (tertiary/aromatic N) is 2. The highest BCUT2D eigenvalue weighted by atomic mass is 35.5. The summed E-state index contributed by atoms with van der Waals surface area (Å²) in [5, 5.41) is 0. The molecule has 0 aromatic carbocycles. The lowest BCUT2D eigenvalue weighted by atomic mass is 10.2. The predicted octanol–water partition coefficient (Wildman–Crippen LogP) is 1.95. The van der Waals surface area contributed by atoms with Crippen molar-refractivity contribution in [3.63, 3.8) is 0 Å². The third-order valence-electron chi connectivity index (χ3n) is 3.72. The van der Waals surface area contributed by atoms with Crippen LogP contribution < -0.4 is 0 Å². The minimum atomic E-state index is -3.49. The van der Waals surface area contributed by atoms with Gasteiger partial charge in [0, 0.05) is 31.5 Å². The van der Waals surface area contributed by atoms with Gasteiger partial charge in [-0.3, -0.25) is 0 Å². The molecule has 2 rings (SSSR count). The smallest absolute Gasteiger partial charge is 0.245 e. The van der Waals surface area contributed by atoms with Gasteiger partial charge < -0.3 is 9.30 Å². The van der Waals surface area contributed by atoms with Crippen LogP contribution in [0, 0.1) is 0 Å². The van der Waals surface area contributed by atoms with Crippen LogP contribution in [-0.2, 0) is 27.7 Å². The maximum absolute atomic E-state index is 12.8. The average Bonchev–Trinajstić information content (AvgIpc) is 2.80. The molecule has 1 fully saturated rings. The van der Waals surface area contributed by atoms with E-state index in [9.17, 15) is 8.42 Å². The highest BCUT2D eigenvalue weighted by Gasteiger charge is 2.36. The van der Waals surface area contributed by atoms with Crippen molar-refractivity contribution in [2.24, 2.45) is 7.05 Å². The highest BCUT2D eigenvalue weighted by molar-refractivity contribution is 7.89. The summed E-state index contributed by atoms with van der Waals surface area (Å²) in [4.78, 5) is 0.309. The predicted molar refractivity (Wildman–Crippen MR) is 78.4 cm³/mol. The fourth-order valence-corrected chi connectivity index (χ4v) is 4.54. The van der Waals surface area contributed by atoms with Gasteiger partial charge >= 0.3 is 0 Å². The number of ether oxygens (including phenoxy) is 1. The van der Waals surface area contributed by atoms with Crippen molar-refractivity contribution in [2.75, 3.05) is 13.2 Å². The number of alkyl halides is 1. The standard InChI is InChI=1S/C13H21ClN2O3S/c1-4-11-9-19-10(2)7-16(11)20(17,18)13-5-12(6-14)15(3)8-13/h5,8,10-11H,4,6-7,9H2,1-3H3. The molecule has 0 saturated carbocycles. The van der Waals surface area contributed by atoms with Crippen molar-refractivity contribution in [3.05, 3.63) is 18.0 Å². The van der Waals surface area contributed by atoms with E-state index >= 15 is 0 Å². The first-order chi connectivity index (χ1) is 9.40. The van der Waals surface area contributed by atoms with Gasteiger partial charge in [-0.1, -0.05) is 6.92 Å². The number of hydrogen-bond donors (Lipinski definition) is 0. The molecule has 7 heteroatoms. The average molecular weight is 321 g/mol. The molecule has 0 amide bonds. The molecule has 0 spiro atoms. The molecule has 1 aromatic heterocycles. The van der Waals surface area contributed by atoms with Crippen molar-refractivity contribution in [3.8, 4) is 0 Å². The molecule has 2 atom stereocenters. The zero-order valence-electron chi connectivity index (χ0n) is 12.0. The quantitative estimate of drug-likeness (QED) is 0.797. The normalized spacial score (nSPS) is 25.0. The molecule has 1 saturated heterocycles. The van der Waals surface area contributed by atoms with Crippen LogP contribution in [-0.4, -0.2) is 42.6 Å². The molecule has 0 N–H and O–H groups in total. The Morgan fingerprint density at radius 2 is 2.20 bits per heavy atom. The zero-order chi connectivity index (χ0) is 14.9. The van der Waals surface area contributed by atoms with Crippen molar-refractivity contribution in [1.82, 2.24) is 8.87 Å². The van der Waals surface area contributed by atoms with E-state index in [0.717, 1.165) is 12.1 Å². The fourth-order valence-electron chi connectivity index (χ4n) is 2.42. The lowest BCUT2D eigenvalue weighted by molar-refractivity contribution is -0.0230. The van der Waals surface area contributed by atoms with Crippen LogP contribution in [0.25, 0.3) is 0 Å².